The molecular weight excluding hydrogens is 236 g/mol. The van der Waals surface area contributed by atoms with Gasteiger partial charge in [-0.05, 0) is 25.7 Å². The Balaban J connectivity index is 2.57. The molecule has 0 aromatic heterocycles. The maximum Gasteiger partial charge on any atom is 0.235 e. The third kappa shape index (κ3) is 2.96. The third-order valence-corrected chi connectivity index (χ3v) is 3.79. The Morgan fingerprint density at radius 2 is 2.18 bits per heavy atom. The molecule has 2 N–H and O–H groups in total. The zero-order valence-electron chi connectivity index (χ0n) is 10.9. The summed E-state index contributed by atoms with van der Waals surface area (Å²) in [7, 11) is 1.78. The second-order valence-electron chi connectivity index (χ2n) is 4.88. The van der Waals surface area contributed by atoms with Crippen LogP contribution in [0.25, 0.3) is 0 Å². The number of thiocarbonyl (C=S) groups is 1. The number of ether oxygens (including phenoxy) is 1. The fourth-order valence-corrected chi connectivity index (χ4v) is 2.68. The number of hydrogen-bond acceptors (Lipinski definition) is 3. The fraction of sp³-hybridized carbons (Fsp3) is 0.833. The van der Waals surface area contributed by atoms with Crippen LogP contribution < -0.4 is 5.73 Å². The molecule has 0 saturated heterocycles. The molecule has 1 rings (SSSR count). The lowest BCUT2D eigenvalue weighted by Crippen LogP contribution is -2.56. The molecule has 1 amide bonds. The van der Waals surface area contributed by atoms with Gasteiger partial charge in [0.2, 0.25) is 5.91 Å². The molecule has 0 spiro atoms. The smallest absolute Gasteiger partial charge is 0.235 e. The zero-order valence-corrected chi connectivity index (χ0v) is 11.7. The number of carbonyl (C=O) groups excluding carboxylic acids is 1. The first-order valence-corrected chi connectivity index (χ1v) is 6.48. The van der Waals surface area contributed by atoms with Gasteiger partial charge in [-0.3, -0.25) is 4.79 Å². The van der Waals surface area contributed by atoms with E-state index in [0.717, 1.165) is 12.8 Å². The maximum atomic E-state index is 12.3. The average Bonchev–Trinajstić information content (AvgIpc) is 2.23. The highest BCUT2D eigenvalue weighted by Crippen LogP contribution is 2.46. The van der Waals surface area contributed by atoms with Crippen LogP contribution in [0.3, 0.4) is 0 Å². The van der Waals surface area contributed by atoms with E-state index < -0.39 is 5.41 Å². The first-order valence-electron chi connectivity index (χ1n) is 6.07. The van der Waals surface area contributed by atoms with Crippen LogP contribution in [-0.4, -0.2) is 42.6 Å². The summed E-state index contributed by atoms with van der Waals surface area (Å²) in [4.78, 5) is 14.3. The number of hydrogen-bond donors (Lipinski definition) is 1. The first-order chi connectivity index (χ1) is 7.94. The van der Waals surface area contributed by atoms with Crippen molar-refractivity contribution in [1.29, 1.82) is 0 Å². The topological polar surface area (TPSA) is 55.6 Å². The molecule has 0 aromatic carbocycles. The molecular formula is C12H22N2O2S. The predicted octanol–water partition coefficient (Wildman–Crippen LogP) is 1.18. The quantitative estimate of drug-likeness (QED) is 0.574. The highest BCUT2D eigenvalue weighted by Gasteiger charge is 2.51. The summed E-state index contributed by atoms with van der Waals surface area (Å²) in [5.74, 6) is 0.573. The molecule has 17 heavy (non-hydrogen) atoms. The fourth-order valence-electron chi connectivity index (χ4n) is 2.42. The SMILES string of the molecule is CCOCCN(C)C(=O)C1(C(N)=S)CC(C)C1. The van der Waals surface area contributed by atoms with E-state index in [1.165, 1.54) is 0 Å². The molecule has 5 heteroatoms. The summed E-state index contributed by atoms with van der Waals surface area (Å²) in [5.41, 5.74) is 5.15. The van der Waals surface area contributed by atoms with E-state index in [4.69, 9.17) is 22.7 Å². The van der Waals surface area contributed by atoms with Crippen molar-refractivity contribution < 1.29 is 9.53 Å². The van der Waals surface area contributed by atoms with Gasteiger partial charge in [0.05, 0.1) is 17.0 Å². The molecule has 0 aromatic rings. The highest BCUT2D eigenvalue weighted by molar-refractivity contribution is 7.80. The van der Waals surface area contributed by atoms with E-state index in [2.05, 4.69) is 6.92 Å². The van der Waals surface area contributed by atoms with Gasteiger partial charge in [-0.2, -0.15) is 0 Å². The van der Waals surface area contributed by atoms with Crippen molar-refractivity contribution in [3.05, 3.63) is 0 Å². The number of amides is 1. The molecule has 98 valence electrons. The van der Waals surface area contributed by atoms with E-state index in [1.807, 2.05) is 6.92 Å². The minimum absolute atomic E-state index is 0.0443. The average molecular weight is 258 g/mol. The lowest BCUT2D eigenvalue weighted by Gasteiger charge is -2.46. The van der Waals surface area contributed by atoms with Crippen molar-refractivity contribution in [2.75, 3.05) is 26.8 Å². The second-order valence-corrected chi connectivity index (χ2v) is 5.32. The van der Waals surface area contributed by atoms with Gasteiger partial charge >= 0.3 is 0 Å². The summed E-state index contributed by atoms with van der Waals surface area (Å²) >= 11 is 5.06. The number of likely N-dealkylation sites (N-methyl/N-ethyl adjacent to an activating group) is 1. The monoisotopic (exact) mass is 258 g/mol. The normalized spacial score (nSPS) is 27.4. The zero-order chi connectivity index (χ0) is 13.1. The van der Waals surface area contributed by atoms with Gasteiger partial charge in [-0.15, -0.1) is 0 Å². The Bertz CT molecular complexity index is 301. The van der Waals surface area contributed by atoms with Crippen LogP contribution in [0.2, 0.25) is 0 Å². The Morgan fingerprint density at radius 3 is 2.59 bits per heavy atom. The molecule has 1 fully saturated rings. The first kappa shape index (κ1) is 14.4. The number of nitrogens with two attached hydrogens (primary N) is 1. The van der Waals surface area contributed by atoms with Gasteiger partial charge in [0.1, 0.15) is 0 Å². The third-order valence-electron chi connectivity index (χ3n) is 3.40. The van der Waals surface area contributed by atoms with Crippen LogP contribution in [0.4, 0.5) is 0 Å². The van der Waals surface area contributed by atoms with Gasteiger partial charge < -0.3 is 15.4 Å². The lowest BCUT2D eigenvalue weighted by molar-refractivity contribution is -0.143. The molecule has 0 unspecified atom stereocenters. The van der Waals surface area contributed by atoms with E-state index in [-0.39, 0.29) is 5.91 Å². The Labute approximate surface area is 108 Å². The van der Waals surface area contributed by atoms with E-state index >= 15 is 0 Å². The van der Waals surface area contributed by atoms with Crippen LogP contribution in [0.1, 0.15) is 26.7 Å². The van der Waals surface area contributed by atoms with Crippen LogP contribution in [0.5, 0.6) is 0 Å². The molecule has 0 radical (unpaired) electrons. The molecule has 0 heterocycles. The maximum absolute atomic E-state index is 12.3. The molecule has 1 aliphatic carbocycles. The van der Waals surface area contributed by atoms with Crippen molar-refractivity contribution >= 4 is 23.1 Å². The van der Waals surface area contributed by atoms with E-state index in [0.29, 0.717) is 30.7 Å². The van der Waals surface area contributed by atoms with Crippen LogP contribution in [0.15, 0.2) is 0 Å². The minimum Gasteiger partial charge on any atom is -0.392 e. The van der Waals surface area contributed by atoms with Gasteiger partial charge in [-0.25, -0.2) is 0 Å². The molecule has 1 saturated carbocycles. The Morgan fingerprint density at radius 1 is 1.59 bits per heavy atom. The summed E-state index contributed by atoms with van der Waals surface area (Å²) in [6.07, 6.45) is 1.56. The summed E-state index contributed by atoms with van der Waals surface area (Å²) in [5, 5.41) is 0. The summed E-state index contributed by atoms with van der Waals surface area (Å²) in [6.45, 7) is 5.86. The predicted molar refractivity (Wildman–Crippen MR) is 71.7 cm³/mol. The molecule has 0 atom stereocenters. The van der Waals surface area contributed by atoms with Gasteiger partial charge in [0.25, 0.3) is 0 Å². The van der Waals surface area contributed by atoms with Crippen molar-refractivity contribution in [1.82, 2.24) is 4.90 Å². The Hall–Kier alpha value is -0.680. The van der Waals surface area contributed by atoms with Crippen molar-refractivity contribution in [3.63, 3.8) is 0 Å². The van der Waals surface area contributed by atoms with Crippen LogP contribution in [0, 0.1) is 11.3 Å². The number of carbonyl (C=O) groups is 1. The highest BCUT2D eigenvalue weighted by atomic mass is 32.1. The molecule has 1 aliphatic rings. The second kappa shape index (κ2) is 5.78. The van der Waals surface area contributed by atoms with Crippen molar-refractivity contribution in [2.24, 2.45) is 17.1 Å². The molecule has 4 nitrogen and oxygen atoms in total. The van der Waals surface area contributed by atoms with Gasteiger partial charge in [0.15, 0.2) is 0 Å². The van der Waals surface area contributed by atoms with Crippen molar-refractivity contribution in [2.45, 2.75) is 26.7 Å². The van der Waals surface area contributed by atoms with Crippen LogP contribution in [-0.2, 0) is 9.53 Å². The minimum atomic E-state index is -0.588. The number of nitrogens with zero attached hydrogens (tertiary/aromatic N) is 1. The number of rotatable bonds is 6. The van der Waals surface area contributed by atoms with E-state index in [9.17, 15) is 4.79 Å². The van der Waals surface area contributed by atoms with Crippen molar-refractivity contribution in [3.8, 4) is 0 Å². The van der Waals surface area contributed by atoms with Gasteiger partial charge in [-0.1, -0.05) is 19.1 Å². The molecule has 0 aliphatic heterocycles. The molecule has 0 bridgehead atoms. The van der Waals surface area contributed by atoms with Gasteiger partial charge in [0, 0.05) is 20.2 Å². The van der Waals surface area contributed by atoms with E-state index in [1.54, 1.807) is 11.9 Å². The summed E-state index contributed by atoms with van der Waals surface area (Å²) < 4.78 is 5.24. The Kier molecular flexibility index (Phi) is 4.89. The largest absolute Gasteiger partial charge is 0.392 e. The summed E-state index contributed by atoms with van der Waals surface area (Å²) in [6, 6.07) is 0. The lowest BCUT2D eigenvalue weighted by atomic mass is 9.61. The van der Waals surface area contributed by atoms with Crippen LogP contribution >= 0.6 is 12.2 Å². The standard InChI is InChI=1S/C12H22N2O2S/c1-4-16-6-5-14(3)11(15)12(10(13)17)7-9(2)8-12/h9H,4-8H2,1-3H3,(H2,13,17).